The minimum atomic E-state index is -4.46. The summed E-state index contributed by atoms with van der Waals surface area (Å²) in [6.45, 7) is 1.53. The molecule has 0 unspecified atom stereocenters. The van der Waals surface area contributed by atoms with E-state index in [2.05, 4.69) is 5.32 Å². The smallest absolute Gasteiger partial charge is 0.399 e. The molecule has 90 valence electrons. The first-order chi connectivity index (χ1) is 7.30. The zero-order valence-corrected chi connectivity index (χ0v) is 8.67. The van der Waals surface area contributed by atoms with E-state index < -0.39 is 17.8 Å². The van der Waals surface area contributed by atoms with Gasteiger partial charge in [0.2, 0.25) is 0 Å². The third kappa shape index (κ3) is 3.30. The second kappa shape index (κ2) is 4.61. The Morgan fingerprint density at radius 3 is 2.56 bits per heavy atom. The van der Waals surface area contributed by atoms with Gasteiger partial charge in [-0.15, -0.1) is 0 Å². The fourth-order valence-corrected chi connectivity index (χ4v) is 1.21. The highest BCUT2D eigenvalue weighted by atomic mass is 19.4. The van der Waals surface area contributed by atoms with Crippen molar-refractivity contribution in [1.82, 2.24) is 0 Å². The molecule has 0 radical (unpaired) electrons. The molecule has 0 aromatic heterocycles. The minimum Gasteiger partial charge on any atom is -0.399 e. The normalized spacial score (nSPS) is 13.6. The molecular formula is C10H13F3N2O. The van der Waals surface area contributed by atoms with E-state index in [9.17, 15) is 13.2 Å². The lowest BCUT2D eigenvalue weighted by atomic mass is 10.1. The number of rotatable bonds is 3. The Bertz CT molecular complexity index is 364. The molecule has 0 aliphatic carbocycles. The third-order valence-corrected chi connectivity index (χ3v) is 1.94. The fraction of sp³-hybridized carbons (Fsp3) is 0.400. The van der Waals surface area contributed by atoms with Crippen LogP contribution in [-0.4, -0.2) is 17.8 Å². The Balaban J connectivity index is 2.99. The topological polar surface area (TPSA) is 58.3 Å². The largest absolute Gasteiger partial charge is 0.418 e. The lowest BCUT2D eigenvalue weighted by Gasteiger charge is -2.15. The minimum absolute atomic E-state index is 0.0486. The molecule has 1 rings (SSSR count). The standard InChI is InChI=1S/C10H13F3N2O/c1-6(16)5-15-9-3-2-7(14)4-8(9)10(11,12)13/h2-4,6,15-16H,5,14H2,1H3/t6-/m1/s1. The van der Waals surface area contributed by atoms with Crippen LogP contribution in [0.15, 0.2) is 18.2 Å². The molecule has 0 saturated heterocycles. The van der Waals surface area contributed by atoms with Crippen molar-refractivity contribution in [2.75, 3.05) is 17.6 Å². The monoisotopic (exact) mass is 234 g/mol. The van der Waals surface area contributed by atoms with Crippen LogP contribution < -0.4 is 11.1 Å². The summed E-state index contributed by atoms with van der Waals surface area (Å²) < 4.78 is 37.8. The Kier molecular flexibility index (Phi) is 3.64. The van der Waals surface area contributed by atoms with E-state index in [1.54, 1.807) is 0 Å². The molecule has 4 N–H and O–H groups in total. The second-order valence-corrected chi connectivity index (χ2v) is 3.53. The van der Waals surface area contributed by atoms with Crippen molar-refractivity contribution in [2.45, 2.75) is 19.2 Å². The Hall–Kier alpha value is -1.43. The van der Waals surface area contributed by atoms with E-state index in [1.165, 1.54) is 19.1 Å². The number of halogens is 3. The molecule has 16 heavy (non-hydrogen) atoms. The maximum absolute atomic E-state index is 12.6. The van der Waals surface area contributed by atoms with Gasteiger partial charge in [0.1, 0.15) is 0 Å². The van der Waals surface area contributed by atoms with Crippen LogP contribution in [0.5, 0.6) is 0 Å². The number of nitrogens with two attached hydrogens (primary N) is 1. The van der Waals surface area contributed by atoms with Crippen molar-refractivity contribution in [3.8, 4) is 0 Å². The molecule has 0 aliphatic rings. The van der Waals surface area contributed by atoms with Gasteiger partial charge in [0, 0.05) is 17.9 Å². The highest BCUT2D eigenvalue weighted by molar-refractivity contribution is 5.59. The number of hydrogen-bond donors (Lipinski definition) is 3. The third-order valence-electron chi connectivity index (χ3n) is 1.94. The zero-order chi connectivity index (χ0) is 12.3. The zero-order valence-electron chi connectivity index (χ0n) is 8.67. The summed E-state index contributed by atoms with van der Waals surface area (Å²) >= 11 is 0. The van der Waals surface area contributed by atoms with Crippen LogP contribution >= 0.6 is 0 Å². The molecule has 0 spiro atoms. The van der Waals surface area contributed by atoms with Crippen LogP contribution in [0, 0.1) is 0 Å². The van der Waals surface area contributed by atoms with Crippen LogP contribution in [0.3, 0.4) is 0 Å². The van der Waals surface area contributed by atoms with Gasteiger partial charge < -0.3 is 16.2 Å². The van der Waals surface area contributed by atoms with E-state index in [1.807, 2.05) is 0 Å². The summed E-state index contributed by atoms with van der Waals surface area (Å²) in [5, 5.41) is 11.5. The Morgan fingerprint density at radius 1 is 1.44 bits per heavy atom. The van der Waals surface area contributed by atoms with Crippen molar-refractivity contribution >= 4 is 11.4 Å². The maximum Gasteiger partial charge on any atom is 0.418 e. The first kappa shape index (κ1) is 12.6. The van der Waals surface area contributed by atoms with Gasteiger partial charge in [-0.2, -0.15) is 13.2 Å². The summed E-state index contributed by atoms with van der Waals surface area (Å²) in [4.78, 5) is 0. The molecule has 1 aromatic carbocycles. The summed E-state index contributed by atoms with van der Waals surface area (Å²) in [5.74, 6) is 0. The highest BCUT2D eigenvalue weighted by Gasteiger charge is 2.33. The van der Waals surface area contributed by atoms with Gasteiger partial charge in [-0.05, 0) is 25.1 Å². The molecule has 3 nitrogen and oxygen atoms in total. The second-order valence-electron chi connectivity index (χ2n) is 3.53. The predicted molar refractivity (Wildman–Crippen MR) is 56.0 cm³/mol. The Labute approximate surface area is 91.1 Å². The quantitative estimate of drug-likeness (QED) is 0.702. The van der Waals surface area contributed by atoms with Crippen LogP contribution in [-0.2, 0) is 6.18 Å². The van der Waals surface area contributed by atoms with Crippen molar-refractivity contribution in [3.05, 3.63) is 23.8 Å². The number of anilines is 2. The number of aliphatic hydroxyl groups is 1. The number of nitrogens with one attached hydrogen (secondary N) is 1. The predicted octanol–water partition coefficient (Wildman–Crippen LogP) is 2.08. The lowest BCUT2D eigenvalue weighted by molar-refractivity contribution is -0.136. The van der Waals surface area contributed by atoms with Gasteiger partial charge in [0.05, 0.1) is 11.7 Å². The van der Waals surface area contributed by atoms with Crippen LogP contribution in [0.25, 0.3) is 0 Å². The van der Waals surface area contributed by atoms with Crippen molar-refractivity contribution in [3.63, 3.8) is 0 Å². The Morgan fingerprint density at radius 2 is 2.06 bits per heavy atom. The highest BCUT2D eigenvalue weighted by Crippen LogP contribution is 2.35. The van der Waals surface area contributed by atoms with Crippen LogP contribution in [0.1, 0.15) is 12.5 Å². The molecule has 0 aliphatic heterocycles. The first-order valence-corrected chi connectivity index (χ1v) is 4.69. The number of alkyl halides is 3. The lowest BCUT2D eigenvalue weighted by Crippen LogP contribution is -2.18. The van der Waals surface area contributed by atoms with Gasteiger partial charge in [-0.1, -0.05) is 0 Å². The van der Waals surface area contributed by atoms with E-state index in [0.29, 0.717) is 0 Å². The van der Waals surface area contributed by atoms with Crippen molar-refractivity contribution < 1.29 is 18.3 Å². The van der Waals surface area contributed by atoms with Crippen LogP contribution in [0.4, 0.5) is 24.5 Å². The van der Waals surface area contributed by atoms with Gasteiger partial charge in [-0.25, -0.2) is 0 Å². The number of aliphatic hydroxyl groups excluding tert-OH is 1. The van der Waals surface area contributed by atoms with E-state index in [4.69, 9.17) is 10.8 Å². The summed E-state index contributed by atoms with van der Waals surface area (Å²) in [6, 6.07) is 3.49. The summed E-state index contributed by atoms with van der Waals surface area (Å²) in [6.07, 6.45) is -5.19. The molecule has 0 saturated carbocycles. The molecule has 6 heteroatoms. The molecule has 0 amide bonds. The number of hydrogen-bond acceptors (Lipinski definition) is 3. The first-order valence-electron chi connectivity index (χ1n) is 4.69. The fourth-order valence-electron chi connectivity index (χ4n) is 1.21. The number of nitrogen functional groups attached to an aromatic ring is 1. The molecular weight excluding hydrogens is 221 g/mol. The molecule has 1 atom stereocenters. The molecule has 1 aromatic rings. The number of benzene rings is 1. The van der Waals surface area contributed by atoms with E-state index in [0.717, 1.165) is 6.07 Å². The van der Waals surface area contributed by atoms with Crippen molar-refractivity contribution in [1.29, 1.82) is 0 Å². The average Bonchev–Trinajstić information content (AvgIpc) is 2.14. The van der Waals surface area contributed by atoms with Gasteiger partial charge >= 0.3 is 6.18 Å². The van der Waals surface area contributed by atoms with Crippen molar-refractivity contribution in [2.24, 2.45) is 0 Å². The molecule has 0 heterocycles. The van der Waals surface area contributed by atoms with Gasteiger partial charge in [-0.3, -0.25) is 0 Å². The summed E-state index contributed by atoms with van der Waals surface area (Å²) in [5.41, 5.74) is 4.45. The molecule has 0 bridgehead atoms. The maximum atomic E-state index is 12.6. The van der Waals surface area contributed by atoms with Gasteiger partial charge in [0.15, 0.2) is 0 Å². The average molecular weight is 234 g/mol. The van der Waals surface area contributed by atoms with E-state index in [-0.39, 0.29) is 17.9 Å². The SMILES string of the molecule is C[C@@H](O)CNc1ccc(N)cc1C(F)(F)F. The van der Waals surface area contributed by atoms with Gasteiger partial charge in [0.25, 0.3) is 0 Å². The van der Waals surface area contributed by atoms with Crippen LogP contribution in [0.2, 0.25) is 0 Å². The van der Waals surface area contributed by atoms with E-state index >= 15 is 0 Å². The summed E-state index contributed by atoms with van der Waals surface area (Å²) in [7, 11) is 0. The molecule has 0 fully saturated rings.